The first-order chi connectivity index (χ1) is 7.45. The van der Waals surface area contributed by atoms with Crippen LogP contribution >= 0.6 is 11.6 Å². The molecule has 0 heterocycles. The van der Waals surface area contributed by atoms with Crippen LogP contribution in [0.1, 0.15) is 17.5 Å². The van der Waals surface area contributed by atoms with Crippen LogP contribution in [0.25, 0.3) is 0 Å². The normalized spacial score (nSPS) is 10.5. The van der Waals surface area contributed by atoms with Gasteiger partial charge in [0.05, 0.1) is 17.0 Å². The van der Waals surface area contributed by atoms with E-state index in [9.17, 15) is 18.0 Å². The van der Waals surface area contributed by atoms with Crippen LogP contribution in [0, 0.1) is 11.8 Å². The van der Waals surface area contributed by atoms with Crippen LogP contribution in [0.15, 0.2) is 18.2 Å². The third-order valence-corrected chi connectivity index (χ3v) is 2.02. The predicted molar refractivity (Wildman–Crippen MR) is 54.0 cm³/mol. The monoisotopic (exact) mass is 246 g/mol. The fraction of sp³-hybridized carbons (Fsp3) is 0.182. The molecular formula is C11H6ClF3O. The molecule has 1 aromatic carbocycles. The largest absolute Gasteiger partial charge is 0.417 e. The van der Waals surface area contributed by atoms with Crippen molar-refractivity contribution >= 4 is 17.9 Å². The van der Waals surface area contributed by atoms with Gasteiger partial charge in [0.2, 0.25) is 0 Å². The zero-order valence-corrected chi connectivity index (χ0v) is 8.69. The van der Waals surface area contributed by atoms with Crippen LogP contribution in [-0.4, -0.2) is 6.29 Å². The van der Waals surface area contributed by atoms with E-state index < -0.39 is 11.7 Å². The Morgan fingerprint density at radius 2 is 2.06 bits per heavy atom. The number of halogens is 4. The van der Waals surface area contributed by atoms with E-state index in [0.29, 0.717) is 6.29 Å². The van der Waals surface area contributed by atoms with Crippen molar-refractivity contribution in [3.8, 4) is 11.8 Å². The Hall–Kier alpha value is -1.47. The lowest BCUT2D eigenvalue weighted by molar-refractivity contribution is -0.137. The second kappa shape index (κ2) is 5.04. The molecule has 0 aromatic heterocycles. The quantitative estimate of drug-likeness (QED) is 0.549. The summed E-state index contributed by atoms with van der Waals surface area (Å²) >= 11 is 5.42. The lowest BCUT2D eigenvalue weighted by Crippen LogP contribution is -2.06. The van der Waals surface area contributed by atoms with Gasteiger partial charge in [-0.2, -0.15) is 13.2 Å². The molecule has 0 spiro atoms. The number of carbonyl (C=O) groups excluding carboxylic acids is 1. The molecule has 0 saturated carbocycles. The fourth-order valence-electron chi connectivity index (χ4n) is 1.02. The van der Waals surface area contributed by atoms with Gasteiger partial charge in [-0.05, 0) is 18.2 Å². The highest BCUT2D eigenvalue weighted by molar-refractivity contribution is 6.31. The van der Waals surface area contributed by atoms with Crippen molar-refractivity contribution in [2.75, 3.05) is 0 Å². The number of alkyl halides is 3. The molecule has 1 rings (SSSR count). The van der Waals surface area contributed by atoms with Gasteiger partial charge in [0.15, 0.2) is 0 Å². The van der Waals surface area contributed by atoms with Crippen LogP contribution < -0.4 is 0 Å². The van der Waals surface area contributed by atoms with E-state index in [4.69, 9.17) is 11.6 Å². The van der Waals surface area contributed by atoms with Crippen LogP contribution in [0.4, 0.5) is 13.2 Å². The second-order valence-corrected chi connectivity index (χ2v) is 3.27. The molecule has 0 saturated heterocycles. The molecule has 5 heteroatoms. The summed E-state index contributed by atoms with van der Waals surface area (Å²) in [6, 6.07) is 3.37. The van der Waals surface area contributed by atoms with E-state index in [1.165, 1.54) is 6.07 Å². The van der Waals surface area contributed by atoms with E-state index in [0.717, 1.165) is 12.1 Å². The third-order valence-electron chi connectivity index (χ3n) is 1.69. The molecular weight excluding hydrogens is 241 g/mol. The summed E-state index contributed by atoms with van der Waals surface area (Å²) in [6.45, 7) is 0. The SMILES string of the molecule is O=CCC#Cc1ccc(Cl)c(C(F)(F)F)c1. The maximum atomic E-state index is 12.4. The van der Waals surface area contributed by atoms with Gasteiger partial charge in [0.25, 0.3) is 0 Å². The molecule has 0 radical (unpaired) electrons. The van der Waals surface area contributed by atoms with Crippen LogP contribution in [0.5, 0.6) is 0 Å². The highest BCUT2D eigenvalue weighted by Gasteiger charge is 2.33. The van der Waals surface area contributed by atoms with Crippen LogP contribution in [-0.2, 0) is 11.0 Å². The van der Waals surface area contributed by atoms with Crippen molar-refractivity contribution in [1.82, 2.24) is 0 Å². The van der Waals surface area contributed by atoms with E-state index in [1.54, 1.807) is 0 Å². The zero-order valence-electron chi connectivity index (χ0n) is 7.94. The average Bonchev–Trinajstić information content (AvgIpc) is 2.19. The minimum absolute atomic E-state index is 0.00994. The summed E-state index contributed by atoms with van der Waals surface area (Å²) in [5, 5.41) is -0.367. The highest BCUT2D eigenvalue weighted by atomic mass is 35.5. The van der Waals surface area contributed by atoms with Gasteiger partial charge in [-0.15, -0.1) is 0 Å². The third kappa shape index (κ3) is 3.28. The molecule has 0 aliphatic heterocycles. The Morgan fingerprint density at radius 1 is 1.38 bits per heavy atom. The van der Waals surface area contributed by atoms with E-state index in [1.807, 2.05) is 0 Å². The van der Waals surface area contributed by atoms with Gasteiger partial charge < -0.3 is 4.79 Å². The standard InChI is InChI=1S/C11H6ClF3O/c12-10-5-4-8(3-1-2-6-16)7-9(10)11(13,14)15/h4-7H,2H2. The summed E-state index contributed by atoms with van der Waals surface area (Å²) in [5.41, 5.74) is -0.745. The number of rotatable bonds is 1. The van der Waals surface area contributed by atoms with Gasteiger partial charge in [-0.3, -0.25) is 0 Å². The average molecular weight is 247 g/mol. The molecule has 0 amide bonds. The summed E-state index contributed by atoms with van der Waals surface area (Å²) < 4.78 is 37.3. The van der Waals surface area contributed by atoms with Crippen LogP contribution in [0.2, 0.25) is 5.02 Å². The number of benzene rings is 1. The first kappa shape index (κ1) is 12.6. The Kier molecular flexibility index (Phi) is 3.97. The summed E-state index contributed by atoms with van der Waals surface area (Å²) in [4.78, 5) is 9.97. The Labute approximate surface area is 95.2 Å². The van der Waals surface area contributed by atoms with Gasteiger partial charge in [0.1, 0.15) is 6.29 Å². The van der Waals surface area contributed by atoms with Gasteiger partial charge >= 0.3 is 6.18 Å². The van der Waals surface area contributed by atoms with Crippen molar-refractivity contribution in [3.63, 3.8) is 0 Å². The number of carbonyl (C=O) groups is 1. The number of aldehydes is 1. The molecule has 0 aliphatic rings. The predicted octanol–water partition coefficient (Wildman–Crippen LogP) is 3.30. The lowest BCUT2D eigenvalue weighted by atomic mass is 10.1. The molecule has 1 nitrogen and oxygen atoms in total. The van der Waals surface area contributed by atoms with E-state index >= 15 is 0 Å². The van der Waals surface area contributed by atoms with Crippen molar-refractivity contribution in [2.45, 2.75) is 12.6 Å². The highest BCUT2D eigenvalue weighted by Crippen LogP contribution is 2.34. The summed E-state index contributed by atoms with van der Waals surface area (Å²) in [7, 11) is 0. The molecule has 0 aliphatic carbocycles. The lowest BCUT2D eigenvalue weighted by Gasteiger charge is -2.08. The molecule has 16 heavy (non-hydrogen) atoms. The van der Waals surface area contributed by atoms with E-state index in [2.05, 4.69) is 11.8 Å². The summed E-state index contributed by atoms with van der Waals surface area (Å²) in [6.07, 6.45) is -3.93. The smallest absolute Gasteiger partial charge is 0.302 e. The van der Waals surface area contributed by atoms with Crippen molar-refractivity contribution in [2.24, 2.45) is 0 Å². The molecule has 0 fully saturated rings. The first-order valence-electron chi connectivity index (χ1n) is 4.24. The van der Waals surface area contributed by atoms with Crippen molar-refractivity contribution < 1.29 is 18.0 Å². The molecule has 0 N–H and O–H groups in total. The zero-order chi connectivity index (χ0) is 12.2. The minimum Gasteiger partial charge on any atom is -0.302 e. The topological polar surface area (TPSA) is 17.1 Å². The molecule has 0 bridgehead atoms. The molecule has 1 aromatic rings. The van der Waals surface area contributed by atoms with Crippen molar-refractivity contribution in [1.29, 1.82) is 0 Å². The Morgan fingerprint density at radius 3 is 2.62 bits per heavy atom. The van der Waals surface area contributed by atoms with Gasteiger partial charge in [-0.1, -0.05) is 23.4 Å². The van der Waals surface area contributed by atoms with Crippen LogP contribution in [0.3, 0.4) is 0 Å². The van der Waals surface area contributed by atoms with Crippen molar-refractivity contribution in [3.05, 3.63) is 34.3 Å². The maximum absolute atomic E-state index is 12.4. The Bertz CT molecular complexity index is 455. The van der Waals surface area contributed by atoms with Gasteiger partial charge in [0, 0.05) is 5.56 Å². The van der Waals surface area contributed by atoms with Gasteiger partial charge in [-0.25, -0.2) is 0 Å². The maximum Gasteiger partial charge on any atom is 0.417 e. The summed E-state index contributed by atoms with van der Waals surface area (Å²) in [5.74, 6) is 4.87. The number of hydrogen-bond acceptors (Lipinski definition) is 1. The molecule has 0 atom stereocenters. The minimum atomic E-state index is -4.50. The second-order valence-electron chi connectivity index (χ2n) is 2.86. The fourth-order valence-corrected chi connectivity index (χ4v) is 1.24. The molecule has 0 unspecified atom stereocenters. The first-order valence-corrected chi connectivity index (χ1v) is 4.62. The Balaban J connectivity index is 3.09. The number of hydrogen-bond donors (Lipinski definition) is 0. The molecule has 84 valence electrons. The van der Waals surface area contributed by atoms with E-state index in [-0.39, 0.29) is 17.0 Å².